The summed E-state index contributed by atoms with van der Waals surface area (Å²) in [6, 6.07) is 2.80. The summed E-state index contributed by atoms with van der Waals surface area (Å²) in [4.78, 5) is 21.7. The number of nitrogens with zero attached hydrogens (tertiary/aromatic N) is 5. The van der Waals surface area contributed by atoms with E-state index in [-0.39, 0.29) is 0 Å². The van der Waals surface area contributed by atoms with Gasteiger partial charge in [0.2, 0.25) is 5.95 Å². The molecule has 3 saturated heterocycles. The molecule has 3 fully saturated rings. The Balaban J connectivity index is 1.43. The molecule has 0 aromatic carbocycles. The SMILES string of the molecule is C/C=C/C(=Nc1nc(NC2CC3CC4CC(C2)N34)nc2scnc12)NN. The Labute approximate surface area is 155 Å². The number of piperidine rings is 2. The lowest BCUT2D eigenvalue weighted by atomic mass is 9.68. The minimum atomic E-state index is 0.423. The number of allylic oxidation sites excluding steroid dienone is 1. The van der Waals surface area contributed by atoms with Crippen LogP contribution in [0.5, 0.6) is 0 Å². The maximum absolute atomic E-state index is 5.55. The third-order valence-electron chi connectivity index (χ3n) is 5.68. The summed E-state index contributed by atoms with van der Waals surface area (Å²) < 4.78 is 0. The molecule has 0 aliphatic carbocycles. The van der Waals surface area contributed by atoms with Crippen molar-refractivity contribution in [3.63, 3.8) is 0 Å². The van der Waals surface area contributed by atoms with Crippen LogP contribution >= 0.6 is 11.3 Å². The molecule has 3 aliphatic heterocycles. The van der Waals surface area contributed by atoms with Gasteiger partial charge in [0.1, 0.15) is 11.4 Å². The Kier molecular flexibility index (Phi) is 3.87. The van der Waals surface area contributed by atoms with E-state index < -0.39 is 0 Å². The van der Waals surface area contributed by atoms with Crippen LogP contribution in [0, 0.1) is 0 Å². The predicted octanol–water partition coefficient (Wildman–Crippen LogP) is 1.95. The molecule has 0 bridgehead atoms. The van der Waals surface area contributed by atoms with Gasteiger partial charge in [-0.05, 0) is 38.7 Å². The Morgan fingerprint density at radius 3 is 2.73 bits per heavy atom. The first kappa shape index (κ1) is 16.1. The second-order valence-corrected chi connectivity index (χ2v) is 8.04. The summed E-state index contributed by atoms with van der Waals surface area (Å²) in [5.41, 5.74) is 5.07. The number of amidine groups is 1. The molecule has 136 valence electrons. The number of hydrogen-bond donors (Lipinski definition) is 3. The predicted molar refractivity (Wildman–Crippen MR) is 104 cm³/mol. The zero-order chi connectivity index (χ0) is 17.7. The number of anilines is 1. The molecule has 0 spiro atoms. The van der Waals surface area contributed by atoms with E-state index >= 15 is 0 Å². The molecular formula is C17H22N8S. The number of hydrogen-bond acceptors (Lipinski definition) is 8. The van der Waals surface area contributed by atoms with Crippen molar-refractivity contribution < 1.29 is 0 Å². The summed E-state index contributed by atoms with van der Waals surface area (Å²) >= 11 is 1.50. The van der Waals surface area contributed by atoms with E-state index in [0.717, 1.165) is 23.0 Å². The average molecular weight is 370 g/mol. The lowest BCUT2D eigenvalue weighted by molar-refractivity contribution is -0.146. The van der Waals surface area contributed by atoms with Crippen molar-refractivity contribution >= 4 is 39.3 Å². The van der Waals surface area contributed by atoms with Crippen LogP contribution in [0.4, 0.5) is 11.8 Å². The van der Waals surface area contributed by atoms with Crippen molar-refractivity contribution in [3.05, 3.63) is 17.7 Å². The van der Waals surface area contributed by atoms with Crippen LogP contribution in [-0.2, 0) is 0 Å². The molecule has 8 nitrogen and oxygen atoms in total. The topological polar surface area (TPSA) is 104 Å². The molecule has 2 aromatic heterocycles. The van der Waals surface area contributed by atoms with Gasteiger partial charge in [-0.1, -0.05) is 6.08 Å². The number of nitrogens with one attached hydrogen (secondary N) is 2. The molecular weight excluding hydrogens is 348 g/mol. The first-order chi connectivity index (χ1) is 12.7. The van der Waals surface area contributed by atoms with Crippen LogP contribution in [0.15, 0.2) is 22.7 Å². The first-order valence-corrected chi connectivity index (χ1v) is 9.96. The van der Waals surface area contributed by atoms with E-state index in [1.165, 1.54) is 37.0 Å². The van der Waals surface area contributed by atoms with Gasteiger partial charge >= 0.3 is 0 Å². The van der Waals surface area contributed by atoms with Crippen LogP contribution < -0.4 is 16.6 Å². The standard InChI is InChI=1S/C17H22N8S/c1-2-3-13(24-18)21-15-14-16(26-8-19-14)23-17(22-15)20-9-4-10-6-12-7-11(5-9)25(10)12/h2-3,8-12H,4-7,18H2,1H3,(H2,20,21,22,23,24)/b3-2+. The van der Waals surface area contributed by atoms with E-state index in [2.05, 4.69) is 35.6 Å². The molecule has 0 radical (unpaired) electrons. The Morgan fingerprint density at radius 2 is 2.04 bits per heavy atom. The van der Waals surface area contributed by atoms with Gasteiger partial charge in [-0.2, -0.15) is 4.98 Å². The zero-order valence-corrected chi connectivity index (χ0v) is 15.4. The second-order valence-electron chi connectivity index (χ2n) is 7.21. The normalized spacial score (nSPS) is 30.8. The molecule has 0 saturated carbocycles. The van der Waals surface area contributed by atoms with Crippen LogP contribution in [0.25, 0.3) is 10.3 Å². The zero-order valence-electron chi connectivity index (χ0n) is 14.6. The maximum Gasteiger partial charge on any atom is 0.226 e. The van der Waals surface area contributed by atoms with Gasteiger partial charge in [0.15, 0.2) is 10.6 Å². The molecule has 3 aliphatic rings. The average Bonchev–Trinajstić information content (AvgIpc) is 3.05. The van der Waals surface area contributed by atoms with Gasteiger partial charge in [-0.25, -0.2) is 20.8 Å². The van der Waals surface area contributed by atoms with Gasteiger partial charge in [0.05, 0.1) is 5.51 Å². The van der Waals surface area contributed by atoms with E-state index in [4.69, 9.17) is 5.84 Å². The van der Waals surface area contributed by atoms with Gasteiger partial charge in [-0.15, -0.1) is 11.3 Å². The lowest BCUT2D eigenvalue weighted by Crippen LogP contribution is -2.73. The van der Waals surface area contributed by atoms with Crippen molar-refractivity contribution in [3.8, 4) is 0 Å². The monoisotopic (exact) mass is 370 g/mol. The summed E-state index contributed by atoms with van der Waals surface area (Å²) in [6.45, 7) is 1.91. The molecule has 0 amide bonds. The molecule has 5 rings (SSSR count). The van der Waals surface area contributed by atoms with Crippen molar-refractivity contribution in [1.82, 2.24) is 25.3 Å². The van der Waals surface area contributed by atoms with Crippen molar-refractivity contribution in [2.45, 2.75) is 56.8 Å². The maximum atomic E-state index is 5.55. The first-order valence-electron chi connectivity index (χ1n) is 9.08. The van der Waals surface area contributed by atoms with Crippen LogP contribution in [-0.4, -0.2) is 49.9 Å². The summed E-state index contributed by atoms with van der Waals surface area (Å²) in [5.74, 6) is 7.26. The third kappa shape index (κ3) is 2.58. The highest BCUT2D eigenvalue weighted by molar-refractivity contribution is 7.16. The van der Waals surface area contributed by atoms with Crippen LogP contribution in [0.1, 0.15) is 32.6 Å². The fourth-order valence-corrected chi connectivity index (χ4v) is 5.25. The number of hydrazine groups is 1. The number of fused-ring (bicyclic) bond motifs is 1. The molecule has 2 unspecified atom stereocenters. The smallest absolute Gasteiger partial charge is 0.226 e. The highest BCUT2D eigenvalue weighted by Crippen LogP contribution is 2.48. The Bertz CT molecular complexity index is 874. The summed E-state index contributed by atoms with van der Waals surface area (Å²) in [6.07, 6.45) is 8.72. The van der Waals surface area contributed by atoms with Gasteiger partial charge in [0.25, 0.3) is 0 Å². The molecule has 5 heterocycles. The van der Waals surface area contributed by atoms with Crippen molar-refractivity contribution in [1.29, 1.82) is 0 Å². The van der Waals surface area contributed by atoms with Gasteiger partial charge in [0, 0.05) is 24.2 Å². The molecule has 2 aromatic rings. The van der Waals surface area contributed by atoms with Gasteiger partial charge in [-0.3, -0.25) is 4.90 Å². The number of nitrogens with two attached hydrogens (primary N) is 1. The van der Waals surface area contributed by atoms with Crippen LogP contribution in [0.3, 0.4) is 0 Å². The van der Waals surface area contributed by atoms with Crippen molar-refractivity contribution in [2.24, 2.45) is 10.8 Å². The number of thiazole rings is 1. The highest BCUT2D eigenvalue weighted by atomic mass is 32.1. The third-order valence-corrected chi connectivity index (χ3v) is 6.40. The van der Waals surface area contributed by atoms with Gasteiger partial charge < -0.3 is 10.7 Å². The highest BCUT2D eigenvalue weighted by Gasteiger charge is 2.54. The summed E-state index contributed by atoms with van der Waals surface area (Å²) in [5, 5.41) is 3.56. The lowest BCUT2D eigenvalue weighted by Gasteiger charge is -2.66. The van der Waals surface area contributed by atoms with E-state index in [0.29, 0.717) is 29.2 Å². The fourth-order valence-electron chi connectivity index (χ4n) is 4.60. The van der Waals surface area contributed by atoms with E-state index in [1.807, 2.05) is 13.0 Å². The number of aromatic nitrogens is 3. The van der Waals surface area contributed by atoms with Crippen LogP contribution in [0.2, 0.25) is 0 Å². The summed E-state index contributed by atoms with van der Waals surface area (Å²) in [7, 11) is 0. The molecule has 2 atom stereocenters. The van der Waals surface area contributed by atoms with E-state index in [1.54, 1.807) is 11.6 Å². The molecule has 4 N–H and O–H groups in total. The van der Waals surface area contributed by atoms with Crippen molar-refractivity contribution in [2.75, 3.05) is 5.32 Å². The van der Waals surface area contributed by atoms with E-state index in [9.17, 15) is 0 Å². The number of rotatable bonds is 4. The second kappa shape index (κ2) is 6.26. The Morgan fingerprint density at radius 1 is 1.27 bits per heavy atom. The largest absolute Gasteiger partial charge is 0.351 e. The fraction of sp³-hybridized carbons (Fsp3) is 0.529. The minimum Gasteiger partial charge on any atom is -0.351 e. The number of aliphatic imine (C=N–C) groups is 1. The molecule has 9 heteroatoms. The minimum absolute atomic E-state index is 0.423. The molecule has 26 heavy (non-hydrogen) atoms. The quantitative estimate of drug-likeness (QED) is 0.327. The Hall–Kier alpha value is -2.10.